The Kier molecular flexibility index (Phi) is 5.95. The van der Waals surface area contributed by atoms with Crippen molar-refractivity contribution in [3.8, 4) is 0 Å². The zero-order valence-corrected chi connectivity index (χ0v) is 13.3. The van der Waals surface area contributed by atoms with E-state index in [1.54, 1.807) is 12.0 Å². The molecule has 22 heavy (non-hydrogen) atoms. The predicted molar refractivity (Wildman–Crippen MR) is 85.8 cm³/mol. The summed E-state index contributed by atoms with van der Waals surface area (Å²) in [5.41, 5.74) is 2.07. The zero-order valence-electron chi connectivity index (χ0n) is 13.3. The lowest BCUT2D eigenvalue weighted by Crippen LogP contribution is -2.34. The van der Waals surface area contributed by atoms with E-state index in [9.17, 15) is 9.59 Å². The van der Waals surface area contributed by atoms with Crippen LogP contribution in [0.3, 0.4) is 0 Å². The first-order valence-electron chi connectivity index (χ1n) is 7.82. The van der Waals surface area contributed by atoms with Gasteiger partial charge >= 0.3 is 0 Å². The number of methoxy groups -OCH3 is 1. The number of rotatable bonds is 7. The molecule has 1 aromatic carbocycles. The van der Waals surface area contributed by atoms with Crippen molar-refractivity contribution >= 4 is 17.5 Å². The van der Waals surface area contributed by atoms with Crippen LogP contribution in [0.15, 0.2) is 24.3 Å². The summed E-state index contributed by atoms with van der Waals surface area (Å²) in [5.74, 6) is -0.279. The van der Waals surface area contributed by atoms with Crippen LogP contribution in [0.4, 0.5) is 5.69 Å². The molecule has 0 radical (unpaired) electrons. The lowest BCUT2D eigenvalue weighted by Gasteiger charge is -2.20. The molecule has 0 spiro atoms. The van der Waals surface area contributed by atoms with Crippen LogP contribution in [0.5, 0.6) is 0 Å². The third-order valence-corrected chi connectivity index (χ3v) is 3.98. The maximum atomic E-state index is 12.3. The number of hydrogen-bond donors (Lipinski definition) is 1. The molecule has 2 rings (SSSR count). The maximum absolute atomic E-state index is 12.3. The zero-order chi connectivity index (χ0) is 15.9. The molecule has 5 heteroatoms. The quantitative estimate of drug-likeness (QED) is 0.781. The van der Waals surface area contributed by atoms with Crippen molar-refractivity contribution < 1.29 is 14.3 Å². The highest BCUT2D eigenvalue weighted by Gasteiger charge is 2.35. The van der Waals surface area contributed by atoms with E-state index in [2.05, 4.69) is 12.2 Å². The Morgan fingerprint density at radius 2 is 2.18 bits per heavy atom. The van der Waals surface area contributed by atoms with Crippen molar-refractivity contribution in [1.82, 2.24) is 5.32 Å². The summed E-state index contributed by atoms with van der Waals surface area (Å²) in [5, 5.41) is 2.88. The van der Waals surface area contributed by atoms with Crippen LogP contribution < -0.4 is 10.2 Å². The van der Waals surface area contributed by atoms with Gasteiger partial charge in [0.1, 0.15) is 0 Å². The number of ether oxygens (including phenoxy) is 1. The number of hydrogen-bond acceptors (Lipinski definition) is 3. The Morgan fingerprint density at radius 3 is 2.91 bits per heavy atom. The van der Waals surface area contributed by atoms with E-state index in [1.165, 1.54) is 0 Å². The summed E-state index contributed by atoms with van der Waals surface area (Å²) in [4.78, 5) is 26.2. The number of nitrogens with one attached hydrogen (secondary N) is 1. The van der Waals surface area contributed by atoms with Gasteiger partial charge in [0.2, 0.25) is 11.8 Å². The summed E-state index contributed by atoms with van der Waals surface area (Å²) in [6, 6.07) is 7.89. The third kappa shape index (κ3) is 3.85. The molecule has 1 N–H and O–H groups in total. The highest BCUT2D eigenvalue weighted by Crippen LogP contribution is 2.28. The van der Waals surface area contributed by atoms with Gasteiger partial charge in [-0.25, -0.2) is 0 Å². The molecule has 0 bridgehead atoms. The van der Waals surface area contributed by atoms with Crippen molar-refractivity contribution in [2.45, 2.75) is 26.2 Å². The standard InChI is InChI=1S/C17H24N2O3/c1-3-13-7-4-5-8-15(13)19-12-14(11-16(19)20)17(21)18-9-6-10-22-2/h4-5,7-8,14H,3,6,9-12H2,1-2H3,(H,18,21). The average Bonchev–Trinajstić information content (AvgIpc) is 2.93. The lowest BCUT2D eigenvalue weighted by molar-refractivity contribution is -0.126. The second-order valence-electron chi connectivity index (χ2n) is 5.53. The van der Waals surface area contributed by atoms with Crippen molar-refractivity contribution in [2.24, 2.45) is 5.92 Å². The molecule has 1 saturated heterocycles. The summed E-state index contributed by atoms with van der Waals surface area (Å²) < 4.78 is 4.95. The highest BCUT2D eigenvalue weighted by atomic mass is 16.5. The summed E-state index contributed by atoms with van der Waals surface area (Å²) >= 11 is 0. The minimum absolute atomic E-state index is 0.0259. The summed E-state index contributed by atoms with van der Waals surface area (Å²) in [6.07, 6.45) is 1.94. The smallest absolute Gasteiger partial charge is 0.227 e. The Hall–Kier alpha value is -1.88. The molecule has 0 aromatic heterocycles. The average molecular weight is 304 g/mol. The monoisotopic (exact) mass is 304 g/mol. The Balaban J connectivity index is 1.97. The first-order valence-corrected chi connectivity index (χ1v) is 7.82. The Morgan fingerprint density at radius 1 is 1.41 bits per heavy atom. The van der Waals surface area contributed by atoms with Gasteiger partial charge in [0.15, 0.2) is 0 Å². The van der Waals surface area contributed by atoms with Gasteiger partial charge in [0.25, 0.3) is 0 Å². The van der Waals surface area contributed by atoms with Crippen LogP contribution in [-0.2, 0) is 20.7 Å². The fourth-order valence-electron chi connectivity index (χ4n) is 2.76. The van der Waals surface area contributed by atoms with E-state index in [0.717, 1.165) is 24.1 Å². The molecular formula is C17H24N2O3. The normalized spacial score (nSPS) is 17.8. The number of anilines is 1. The number of nitrogens with zero attached hydrogens (tertiary/aromatic N) is 1. The molecule has 1 heterocycles. The molecule has 1 unspecified atom stereocenters. The first-order chi connectivity index (χ1) is 10.7. The molecule has 0 aliphatic carbocycles. The van der Waals surface area contributed by atoms with Crippen LogP contribution in [0.25, 0.3) is 0 Å². The van der Waals surface area contributed by atoms with Gasteiger partial charge in [-0.2, -0.15) is 0 Å². The second kappa shape index (κ2) is 7.94. The lowest BCUT2D eigenvalue weighted by atomic mass is 10.1. The minimum atomic E-state index is -0.264. The number of para-hydroxylation sites is 1. The van der Waals surface area contributed by atoms with Crippen LogP contribution in [0.1, 0.15) is 25.3 Å². The van der Waals surface area contributed by atoms with E-state index < -0.39 is 0 Å². The molecule has 2 amide bonds. The van der Waals surface area contributed by atoms with E-state index >= 15 is 0 Å². The maximum Gasteiger partial charge on any atom is 0.227 e. The van der Waals surface area contributed by atoms with Gasteiger partial charge in [0, 0.05) is 38.9 Å². The van der Waals surface area contributed by atoms with Crippen molar-refractivity contribution in [3.05, 3.63) is 29.8 Å². The van der Waals surface area contributed by atoms with Crippen molar-refractivity contribution in [1.29, 1.82) is 0 Å². The Bertz CT molecular complexity index is 530. The Labute approximate surface area is 131 Å². The molecule has 1 atom stereocenters. The molecule has 120 valence electrons. The highest BCUT2D eigenvalue weighted by molar-refractivity contribution is 6.00. The van der Waals surface area contributed by atoms with E-state index in [-0.39, 0.29) is 24.2 Å². The second-order valence-corrected chi connectivity index (χ2v) is 5.53. The fraction of sp³-hybridized carbons (Fsp3) is 0.529. The van der Waals surface area contributed by atoms with Crippen molar-refractivity contribution in [3.63, 3.8) is 0 Å². The molecular weight excluding hydrogens is 280 g/mol. The van der Waals surface area contributed by atoms with Crippen LogP contribution >= 0.6 is 0 Å². The first kappa shape index (κ1) is 16.5. The summed E-state index contributed by atoms with van der Waals surface area (Å²) in [6.45, 7) is 3.74. The largest absolute Gasteiger partial charge is 0.385 e. The minimum Gasteiger partial charge on any atom is -0.385 e. The summed E-state index contributed by atoms with van der Waals surface area (Å²) in [7, 11) is 1.64. The van der Waals surface area contributed by atoms with Crippen molar-refractivity contribution in [2.75, 3.05) is 31.7 Å². The van der Waals surface area contributed by atoms with E-state index in [0.29, 0.717) is 19.7 Å². The molecule has 1 fully saturated rings. The van der Waals surface area contributed by atoms with Crippen LogP contribution in [0.2, 0.25) is 0 Å². The number of carbonyl (C=O) groups is 2. The third-order valence-electron chi connectivity index (χ3n) is 3.98. The van der Waals surface area contributed by atoms with Gasteiger partial charge in [-0.15, -0.1) is 0 Å². The topological polar surface area (TPSA) is 58.6 Å². The van der Waals surface area contributed by atoms with E-state index in [4.69, 9.17) is 4.74 Å². The van der Waals surface area contributed by atoms with Gasteiger partial charge in [-0.1, -0.05) is 25.1 Å². The number of benzene rings is 1. The van der Waals surface area contributed by atoms with Gasteiger partial charge in [0.05, 0.1) is 5.92 Å². The number of carbonyl (C=O) groups excluding carboxylic acids is 2. The molecule has 1 aliphatic heterocycles. The van der Waals surface area contributed by atoms with Gasteiger partial charge in [-0.3, -0.25) is 9.59 Å². The number of amides is 2. The van der Waals surface area contributed by atoms with E-state index in [1.807, 2.05) is 24.3 Å². The van der Waals surface area contributed by atoms with Crippen LogP contribution in [0, 0.1) is 5.92 Å². The molecule has 1 aromatic rings. The fourth-order valence-corrected chi connectivity index (χ4v) is 2.76. The SMILES string of the molecule is CCc1ccccc1N1CC(C(=O)NCCCOC)CC1=O. The molecule has 5 nitrogen and oxygen atoms in total. The van der Waals surface area contributed by atoms with Gasteiger partial charge in [-0.05, 0) is 24.5 Å². The predicted octanol–water partition coefficient (Wildman–Crippen LogP) is 1.75. The van der Waals surface area contributed by atoms with Crippen LogP contribution in [-0.4, -0.2) is 38.6 Å². The van der Waals surface area contributed by atoms with Gasteiger partial charge < -0.3 is 15.0 Å². The molecule has 1 aliphatic rings. The molecule has 0 saturated carbocycles. The number of aryl methyl sites for hydroxylation is 1.